The van der Waals surface area contributed by atoms with E-state index in [-0.39, 0.29) is 17.0 Å². The zero-order valence-corrected chi connectivity index (χ0v) is 17.2. The smallest absolute Gasteiger partial charge is 0.311 e. The van der Waals surface area contributed by atoms with Gasteiger partial charge in [0.05, 0.1) is 15.1 Å². The van der Waals surface area contributed by atoms with Gasteiger partial charge in [0.2, 0.25) is 0 Å². The van der Waals surface area contributed by atoms with Crippen molar-refractivity contribution >= 4 is 60.1 Å². The summed E-state index contributed by atoms with van der Waals surface area (Å²) in [5.74, 6) is -1.74. The Morgan fingerprint density at radius 3 is 2.57 bits per heavy atom. The number of halogens is 2. The van der Waals surface area contributed by atoms with Gasteiger partial charge in [-0.25, -0.2) is 5.43 Å². The fourth-order valence-corrected chi connectivity index (χ4v) is 3.78. The Bertz CT molecular complexity index is 1160. The molecule has 1 amide bonds. The molecule has 0 unspecified atom stereocenters. The molecule has 3 N–H and O–H groups in total. The molecule has 11 heteroatoms. The molecule has 1 aromatic heterocycles. The lowest BCUT2D eigenvalue weighted by Crippen LogP contribution is -2.18. The number of nitro benzene ring substituents is 1. The SMILES string of the molecule is CC(=NNC(=O)c1cc2cc(Br)cc(Br)c2o1)c1cc([N+](=O)[O-])c(O)cc1O. The molecule has 0 saturated heterocycles. The number of hydrogen-bond acceptors (Lipinski definition) is 7. The van der Waals surface area contributed by atoms with Crippen LogP contribution in [0.25, 0.3) is 11.0 Å². The Morgan fingerprint density at radius 1 is 1.18 bits per heavy atom. The van der Waals surface area contributed by atoms with E-state index in [0.717, 1.165) is 16.6 Å². The first-order chi connectivity index (χ1) is 13.2. The molecule has 9 nitrogen and oxygen atoms in total. The number of phenolic OH excluding ortho intramolecular Hbond substituents is 2. The lowest BCUT2D eigenvalue weighted by atomic mass is 10.1. The number of nitro groups is 1. The highest BCUT2D eigenvalue weighted by atomic mass is 79.9. The Labute approximate surface area is 174 Å². The van der Waals surface area contributed by atoms with Crippen molar-refractivity contribution in [3.8, 4) is 11.5 Å². The van der Waals surface area contributed by atoms with E-state index in [0.29, 0.717) is 15.4 Å². The van der Waals surface area contributed by atoms with Gasteiger partial charge in [-0.1, -0.05) is 15.9 Å². The van der Waals surface area contributed by atoms with E-state index >= 15 is 0 Å². The molecule has 2 aromatic carbocycles. The van der Waals surface area contributed by atoms with E-state index in [1.54, 1.807) is 12.1 Å². The number of carbonyl (C=O) groups is 1. The van der Waals surface area contributed by atoms with Crippen LogP contribution in [0.2, 0.25) is 0 Å². The Kier molecular flexibility index (Phi) is 5.38. The minimum atomic E-state index is -0.797. The molecule has 28 heavy (non-hydrogen) atoms. The number of hydrogen-bond donors (Lipinski definition) is 3. The minimum Gasteiger partial charge on any atom is -0.507 e. The number of aromatic hydroxyl groups is 2. The van der Waals surface area contributed by atoms with Crippen molar-refractivity contribution in [3.63, 3.8) is 0 Å². The quantitative estimate of drug-likeness (QED) is 0.268. The largest absolute Gasteiger partial charge is 0.507 e. The first kappa shape index (κ1) is 19.8. The normalized spacial score (nSPS) is 11.6. The van der Waals surface area contributed by atoms with E-state index in [1.165, 1.54) is 13.0 Å². The fourth-order valence-electron chi connectivity index (χ4n) is 2.44. The van der Waals surface area contributed by atoms with Gasteiger partial charge in [-0.3, -0.25) is 14.9 Å². The second-order valence-corrected chi connectivity index (χ2v) is 7.44. The van der Waals surface area contributed by atoms with Gasteiger partial charge >= 0.3 is 11.6 Å². The highest BCUT2D eigenvalue weighted by molar-refractivity contribution is 9.11. The van der Waals surface area contributed by atoms with Crippen molar-refractivity contribution in [2.24, 2.45) is 5.10 Å². The van der Waals surface area contributed by atoms with Crippen molar-refractivity contribution in [1.82, 2.24) is 5.43 Å². The van der Waals surface area contributed by atoms with Crippen LogP contribution in [0, 0.1) is 10.1 Å². The monoisotopic (exact) mass is 511 g/mol. The lowest BCUT2D eigenvalue weighted by molar-refractivity contribution is -0.385. The number of nitrogens with one attached hydrogen (secondary N) is 1. The number of fused-ring (bicyclic) bond motifs is 1. The molecule has 0 radical (unpaired) electrons. The zero-order valence-electron chi connectivity index (χ0n) is 14.1. The molecular weight excluding hydrogens is 502 g/mol. The van der Waals surface area contributed by atoms with Gasteiger partial charge < -0.3 is 14.6 Å². The van der Waals surface area contributed by atoms with Crippen LogP contribution in [0.15, 0.2) is 48.8 Å². The standard InChI is InChI=1S/C17H11Br2N3O6/c1-7(10-5-12(22(26)27)14(24)6-13(10)23)20-21-17(25)15-3-8-2-9(18)4-11(19)16(8)28-15/h2-6,23-24H,1H3,(H,21,25). The average Bonchev–Trinajstić information content (AvgIpc) is 3.03. The summed E-state index contributed by atoms with van der Waals surface area (Å²) >= 11 is 6.70. The molecule has 0 fully saturated rings. The lowest BCUT2D eigenvalue weighted by Gasteiger charge is -2.06. The third-order valence-corrected chi connectivity index (χ3v) is 4.81. The molecule has 0 spiro atoms. The molecule has 0 atom stereocenters. The number of carbonyl (C=O) groups excluding carboxylic acids is 1. The van der Waals surface area contributed by atoms with E-state index in [1.807, 2.05) is 0 Å². The average molecular weight is 513 g/mol. The predicted octanol–water partition coefficient (Wildman–Crippen LogP) is 4.43. The fraction of sp³-hybridized carbons (Fsp3) is 0.0588. The highest BCUT2D eigenvalue weighted by Crippen LogP contribution is 2.33. The summed E-state index contributed by atoms with van der Waals surface area (Å²) < 4.78 is 6.99. The number of hydrazone groups is 1. The molecule has 0 saturated carbocycles. The Hall–Kier alpha value is -2.92. The van der Waals surface area contributed by atoms with Crippen LogP contribution in [0.4, 0.5) is 5.69 Å². The van der Waals surface area contributed by atoms with Gasteiger partial charge in [0.15, 0.2) is 11.5 Å². The highest BCUT2D eigenvalue weighted by Gasteiger charge is 2.19. The molecule has 0 aliphatic heterocycles. The molecule has 3 rings (SSSR count). The van der Waals surface area contributed by atoms with Crippen LogP contribution >= 0.6 is 31.9 Å². The number of rotatable bonds is 4. The molecule has 0 bridgehead atoms. The van der Waals surface area contributed by atoms with Crippen LogP contribution in [-0.4, -0.2) is 26.8 Å². The molecular formula is C17H11Br2N3O6. The molecule has 3 aromatic rings. The number of benzene rings is 2. The van der Waals surface area contributed by atoms with E-state index < -0.39 is 28.0 Å². The van der Waals surface area contributed by atoms with Crippen LogP contribution < -0.4 is 5.43 Å². The van der Waals surface area contributed by atoms with Gasteiger partial charge in [0.25, 0.3) is 0 Å². The summed E-state index contributed by atoms with van der Waals surface area (Å²) in [6, 6.07) is 6.89. The summed E-state index contributed by atoms with van der Waals surface area (Å²) in [4.78, 5) is 22.4. The minimum absolute atomic E-state index is 0.00580. The van der Waals surface area contributed by atoms with E-state index in [4.69, 9.17) is 4.42 Å². The van der Waals surface area contributed by atoms with Gasteiger partial charge in [0.1, 0.15) is 11.3 Å². The second-order valence-electron chi connectivity index (χ2n) is 5.67. The van der Waals surface area contributed by atoms with E-state index in [9.17, 15) is 25.1 Å². The van der Waals surface area contributed by atoms with Crippen LogP contribution in [-0.2, 0) is 0 Å². The van der Waals surface area contributed by atoms with Crippen molar-refractivity contribution in [2.45, 2.75) is 6.92 Å². The number of nitrogens with zero attached hydrogens (tertiary/aromatic N) is 2. The zero-order chi connectivity index (χ0) is 20.6. The second kappa shape index (κ2) is 7.60. The van der Waals surface area contributed by atoms with Gasteiger partial charge in [-0.2, -0.15) is 5.10 Å². The maximum Gasteiger partial charge on any atom is 0.311 e. The third-order valence-electron chi connectivity index (χ3n) is 3.76. The van der Waals surface area contributed by atoms with Crippen molar-refractivity contribution in [3.05, 3.63) is 60.7 Å². The maximum atomic E-state index is 12.3. The molecule has 144 valence electrons. The number of amides is 1. The first-order valence-corrected chi connectivity index (χ1v) is 9.20. The summed E-state index contributed by atoms with van der Waals surface area (Å²) in [7, 11) is 0. The third kappa shape index (κ3) is 3.85. The number of furan rings is 1. The van der Waals surface area contributed by atoms with Crippen molar-refractivity contribution < 1.29 is 24.3 Å². The van der Waals surface area contributed by atoms with Crippen LogP contribution in [0.5, 0.6) is 11.5 Å². The Balaban J connectivity index is 1.87. The summed E-state index contributed by atoms with van der Waals surface area (Å²) in [6.45, 7) is 1.43. The van der Waals surface area contributed by atoms with Crippen molar-refractivity contribution in [1.29, 1.82) is 0 Å². The van der Waals surface area contributed by atoms with E-state index in [2.05, 4.69) is 42.4 Å². The Morgan fingerprint density at radius 2 is 1.89 bits per heavy atom. The summed E-state index contributed by atoms with van der Waals surface area (Å²) in [5.41, 5.74) is 2.24. The van der Waals surface area contributed by atoms with Gasteiger partial charge in [-0.05, 0) is 41.1 Å². The van der Waals surface area contributed by atoms with Gasteiger partial charge in [-0.15, -0.1) is 0 Å². The molecule has 1 heterocycles. The topological polar surface area (TPSA) is 138 Å². The molecule has 0 aliphatic rings. The first-order valence-electron chi connectivity index (χ1n) is 7.61. The summed E-state index contributed by atoms with van der Waals surface area (Å²) in [6.07, 6.45) is 0. The predicted molar refractivity (Wildman–Crippen MR) is 108 cm³/mol. The summed E-state index contributed by atoms with van der Waals surface area (Å²) in [5, 5.41) is 34.9. The van der Waals surface area contributed by atoms with Crippen molar-refractivity contribution in [2.75, 3.05) is 0 Å². The molecule has 0 aliphatic carbocycles. The number of phenols is 2. The van der Waals surface area contributed by atoms with Crippen LogP contribution in [0.1, 0.15) is 23.0 Å². The van der Waals surface area contributed by atoms with Crippen LogP contribution in [0.3, 0.4) is 0 Å². The maximum absolute atomic E-state index is 12.3. The van der Waals surface area contributed by atoms with Gasteiger partial charge in [0, 0.05) is 27.6 Å².